The highest BCUT2D eigenvalue weighted by Crippen LogP contribution is 2.56. The van der Waals surface area contributed by atoms with Gasteiger partial charge in [0.15, 0.2) is 5.54 Å². The van der Waals surface area contributed by atoms with Crippen LogP contribution in [0.25, 0.3) is 0 Å². The third kappa shape index (κ3) is 2.79. The largest absolute Gasteiger partial charge is 0.462 e. The number of urea groups is 1. The molecule has 2 heterocycles. The summed E-state index contributed by atoms with van der Waals surface area (Å²) >= 11 is 0.943. The van der Waals surface area contributed by atoms with Crippen LogP contribution in [-0.2, 0) is 15.1 Å². The van der Waals surface area contributed by atoms with E-state index in [1.54, 1.807) is 30.3 Å². The van der Waals surface area contributed by atoms with E-state index in [9.17, 15) is 22.8 Å². The minimum absolute atomic E-state index is 0.102. The van der Waals surface area contributed by atoms with Crippen LogP contribution in [0.1, 0.15) is 12.5 Å². The Bertz CT molecular complexity index is 1020. The van der Waals surface area contributed by atoms with E-state index in [0.29, 0.717) is 10.6 Å². The van der Waals surface area contributed by atoms with Gasteiger partial charge in [0, 0.05) is 4.90 Å². The predicted octanol–water partition coefficient (Wildman–Crippen LogP) is 4.55. The van der Waals surface area contributed by atoms with Crippen LogP contribution < -0.4 is 10.2 Å². The fourth-order valence-corrected chi connectivity index (χ4v) is 4.75. The summed E-state index contributed by atoms with van der Waals surface area (Å²) in [5.74, 6) is -1.13. The molecule has 2 aromatic carbocycles. The summed E-state index contributed by atoms with van der Waals surface area (Å²) in [6.45, 7) is 1.40. The van der Waals surface area contributed by atoms with E-state index in [1.807, 2.05) is 0 Å². The van der Waals surface area contributed by atoms with Crippen LogP contribution >= 0.6 is 11.8 Å². The average Bonchev–Trinajstić information content (AvgIpc) is 3.07. The number of fused-ring (bicyclic) bond motifs is 3. The zero-order valence-electron chi connectivity index (χ0n) is 15.1. The van der Waals surface area contributed by atoms with E-state index in [0.717, 1.165) is 16.7 Å². The lowest BCUT2D eigenvalue weighted by atomic mass is 9.80. The second-order valence-corrected chi connectivity index (χ2v) is 7.38. The normalized spacial score (nSPS) is 20.8. The van der Waals surface area contributed by atoms with Crippen molar-refractivity contribution in [2.75, 3.05) is 11.5 Å². The van der Waals surface area contributed by atoms with Crippen molar-refractivity contribution in [1.29, 1.82) is 0 Å². The Balaban J connectivity index is 2.06. The predicted molar refractivity (Wildman–Crippen MR) is 101 cm³/mol. The van der Waals surface area contributed by atoms with Crippen molar-refractivity contribution in [3.05, 3.63) is 70.8 Å². The van der Waals surface area contributed by atoms with Crippen molar-refractivity contribution in [2.45, 2.75) is 23.5 Å². The SMILES string of the molecule is CCOC(=O)C1=C2Sc3ccccc3N2C(=O)NC1(c1ccccc1)C(F)(F)F. The Morgan fingerprint density at radius 2 is 1.79 bits per heavy atom. The third-order valence-corrected chi connectivity index (χ3v) is 5.86. The van der Waals surface area contributed by atoms with Crippen LogP contribution in [0.2, 0.25) is 0 Å². The molecule has 0 radical (unpaired) electrons. The molecular formula is C20H15F3N2O3S. The molecule has 9 heteroatoms. The third-order valence-electron chi connectivity index (χ3n) is 4.71. The van der Waals surface area contributed by atoms with Crippen LogP contribution in [0, 0.1) is 0 Å². The minimum atomic E-state index is -5.00. The molecule has 1 atom stereocenters. The molecule has 4 rings (SSSR count). The van der Waals surface area contributed by atoms with E-state index in [-0.39, 0.29) is 17.2 Å². The van der Waals surface area contributed by atoms with E-state index in [2.05, 4.69) is 5.32 Å². The quantitative estimate of drug-likeness (QED) is 0.740. The van der Waals surface area contributed by atoms with Crippen LogP contribution in [0.5, 0.6) is 0 Å². The number of ether oxygens (including phenoxy) is 1. The number of amides is 2. The highest BCUT2D eigenvalue weighted by atomic mass is 32.2. The molecule has 29 heavy (non-hydrogen) atoms. The zero-order valence-corrected chi connectivity index (χ0v) is 15.9. The summed E-state index contributed by atoms with van der Waals surface area (Å²) in [6, 6.07) is 12.6. The number of carbonyl (C=O) groups excluding carboxylic acids is 2. The van der Waals surface area contributed by atoms with Gasteiger partial charge in [-0.25, -0.2) is 9.59 Å². The molecule has 0 spiro atoms. The second-order valence-electron chi connectivity index (χ2n) is 6.35. The van der Waals surface area contributed by atoms with Crippen molar-refractivity contribution in [2.24, 2.45) is 0 Å². The van der Waals surface area contributed by atoms with Gasteiger partial charge in [0.1, 0.15) is 10.6 Å². The molecule has 0 saturated carbocycles. The molecule has 150 valence electrons. The van der Waals surface area contributed by atoms with Crippen LogP contribution in [0.3, 0.4) is 0 Å². The van der Waals surface area contributed by atoms with Gasteiger partial charge in [-0.1, -0.05) is 54.2 Å². The lowest BCUT2D eigenvalue weighted by Gasteiger charge is -2.43. The summed E-state index contributed by atoms with van der Waals surface area (Å²) in [6.07, 6.45) is -5.00. The number of hydrogen-bond donors (Lipinski definition) is 1. The lowest BCUT2D eigenvalue weighted by molar-refractivity contribution is -0.190. The maximum Gasteiger partial charge on any atom is 0.420 e. The first kappa shape index (κ1) is 19.4. The second kappa shape index (κ2) is 6.84. The molecule has 0 saturated heterocycles. The van der Waals surface area contributed by atoms with Gasteiger partial charge < -0.3 is 10.1 Å². The summed E-state index contributed by atoms with van der Waals surface area (Å²) in [5, 5.41) is 1.98. The maximum absolute atomic E-state index is 14.6. The van der Waals surface area contributed by atoms with Crippen molar-refractivity contribution in [3.8, 4) is 0 Å². The van der Waals surface area contributed by atoms with Gasteiger partial charge >= 0.3 is 18.2 Å². The molecule has 2 aliphatic heterocycles. The number of para-hydroxylation sites is 1. The molecule has 1 unspecified atom stereocenters. The first-order valence-corrected chi connectivity index (χ1v) is 9.56. The van der Waals surface area contributed by atoms with E-state index >= 15 is 0 Å². The molecular weight excluding hydrogens is 405 g/mol. The number of thioether (sulfide) groups is 1. The summed E-state index contributed by atoms with van der Waals surface area (Å²) in [5.41, 5.74) is -3.54. The maximum atomic E-state index is 14.6. The summed E-state index contributed by atoms with van der Waals surface area (Å²) < 4.78 is 48.8. The molecule has 0 bridgehead atoms. The number of anilines is 1. The number of hydrogen-bond acceptors (Lipinski definition) is 4. The van der Waals surface area contributed by atoms with Gasteiger partial charge in [-0.3, -0.25) is 4.90 Å². The Kier molecular flexibility index (Phi) is 4.57. The zero-order chi connectivity index (χ0) is 20.8. The molecule has 0 fully saturated rings. The van der Waals surface area contributed by atoms with Gasteiger partial charge in [-0.2, -0.15) is 13.2 Å². The topological polar surface area (TPSA) is 58.6 Å². The average molecular weight is 420 g/mol. The first-order chi connectivity index (χ1) is 13.8. The van der Waals surface area contributed by atoms with E-state index in [4.69, 9.17) is 4.74 Å². The number of esters is 1. The molecule has 0 aliphatic carbocycles. The molecule has 0 aromatic heterocycles. The standard InChI is InChI=1S/C20H15F3N2O3S/c1-2-28-17(26)15-16-25(13-10-6-7-11-14(13)29-16)18(27)24-19(15,20(21,22)23)12-8-4-3-5-9-12/h3-11H,2H2,1H3,(H,24,27). The highest BCUT2D eigenvalue weighted by Gasteiger charge is 2.66. The van der Waals surface area contributed by atoms with Gasteiger partial charge in [-0.15, -0.1) is 0 Å². The number of alkyl halides is 3. The van der Waals surface area contributed by atoms with Gasteiger partial charge in [0.25, 0.3) is 0 Å². The van der Waals surface area contributed by atoms with Gasteiger partial charge in [0.2, 0.25) is 0 Å². The van der Waals surface area contributed by atoms with Crippen molar-refractivity contribution < 1.29 is 27.5 Å². The number of nitrogens with one attached hydrogen (secondary N) is 1. The first-order valence-electron chi connectivity index (χ1n) is 8.74. The molecule has 2 amide bonds. The molecule has 2 aliphatic rings. The Morgan fingerprint density at radius 3 is 2.45 bits per heavy atom. The fraction of sp³-hybridized carbons (Fsp3) is 0.200. The minimum Gasteiger partial charge on any atom is -0.462 e. The molecule has 1 N–H and O–H groups in total. The molecule has 5 nitrogen and oxygen atoms in total. The van der Waals surface area contributed by atoms with Crippen molar-refractivity contribution in [3.63, 3.8) is 0 Å². The summed E-state index contributed by atoms with van der Waals surface area (Å²) in [7, 11) is 0. The number of halogens is 3. The number of nitrogens with zero attached hydrogens (tertiary/aromatic N) is 1. The summed E-state index contributed by atoms with van der Waals surface area (Å²) in [4.78, 5) is 27.4. The Labute approximate surface area is 168 Å². The number of carbonyl (C=O) groups is 2. The Hall–Kier alpha value is -2.94. The van der Waals surface area contributed by atoms with Gasteiger partial charge in [-0.05, 0) is 24.6 Å². The van der Waals surface area contributed by atoms with Gasteiger partial charge in [0.05, 0.1) is 12.3 Å². The van der Waals surface area contributed by atoms with Crippen LogP contribution in [-0.4, -0.2) is 24.8 Å². The van der Waals surface area contributed by atoms with Crippen LogP contribution in [0.15, 0.2) is 70.1 Å². The number of benzene rings is 2. The monoisotopic (exact) mass is 420 g/mol. The highest BCUT2D eigenvalue weighted by molar-refractivity contribution is 8.03. The fourth-order valence-electron chi connectivity index (χ4n) is 3.52. The molecule has 2 aromatic rings. The Morgan fingerprint density at radius 1 is 1.14 bits per heavy atom. The van der Waals surface area contributed by atoms with E-state index in [1.165, 1.54) is 31.2 Å². The van der Waals surface area contributed by atoms with E-state index < -0.39 is 29.3 Å². The lowest BCUT2D eigenvalue weighted by Crippen LogP contribution is -2.64. The smallest absolute Gasteiger partial charge is 0.420 e. The number of rotatable bonds is 3. The van der Waals surface area contributed by atoms with Crippen LogP contribution in [0.4, 0.5) is 23.7 Å². The van der Waals surface area contributed by atoms with Crippen molar-refractivity contribution in [1.82, 2.24) is 5.32 Å². The van der Waals surface area contributed by atoms with Crippen molar-refractivity contribution >= 4 is 29.4 Å².